The van der Waals surface area contributed by atoms with Crippen LogP contribution in [0.4, 0.5) is 5.82 Å². The Labute approximate surface area is 162 Å². The standard InChI is InChI=1S/C21H22N4OS/c1-5-15-9-17(15)20-14(4)27-21-23-16(10-19(26)25(20)21)12-24(6-2)18-8-7-13(3)11-22-18/h1,7-8,10-11,15,17H,6,9,12H2,2-4H3. The third-order valence-electron chi connectivity index (χ3n) is 5.10. The van der Waals surface area contributed by atoms with Crippen LogP contribution in [0.15, 0.2) is 29.2 Å². The van der Waals surface area contributed by atoms with Gasteiger partial charge in [0.05, 0.1) is 12.2 Å². The van der Waals surface area contributed by atoms with E-state index in [4.69, 9.17) is 11.4 Å². The summed E-state index contributed by atoms with van der Waals surface area (Å²) in [6.07, 6.45) is 8.38. The summed E-state index contributed by atoms with van der Waals surface area (Å²) in [5.41, 5.74) is 2.92. The first-order valence-electron chi connectivity index (χ1n) is 9.17. The topological polar surface area (TPSA) is 50.5 Å². The number of aryl methyl sites for hydroxylation is 2. The molecule has 3 aromatic rings. The molecule has 2 atom stereocenters. The molecule has 2 unspecified atom stereocenters. The van der Waals surface area contributed by atoms with Crippen molar-refractivity contribution in [3.63, 3.8) is 0 Å². The Hall–Kier alpha value is -2.65. The zero-order chi connectivity index (χ0) is 19.1. The average Bonchev–Trinajstić information content (AvgIpc) is 3.35. The van der Waals surface area contributed by atoms with Crippen molar-refractivity contribution in [3.05, 3.63) is 56.6 Å². The zero-order valence-electron chi connectivity index (χ0n) is 15.8. The monoisotopic (exact) mass is 378 g/mol. The Morgan fingerprint density at radius 3 is 2.85 bits per heavy atom. The molecule has 138 valence electrons. The first-order valence-corrected chi connectivity index (χ1v) is 9.99. The molecule has 0 amide bonds. The summed E-state index contributed by atoms with van der Waals surface area (Å²) < 4.78 is 1.76. The third-order valence-corrected chi connectivity index (χ3v) is 6.07. The molecule has 1 aliphatic rings. The van der Waals surface area contributed by atoms with Gasteiger partial charge >= 0.3 is 0 Å². The molecule has 4 rings (SSSR count). The number of thiazole rings is 1. The minimum absolute atomic E-state index is 0.0232. The van der Waals surface area contributed by atoms with Crippen LogP contribution in [-0.2, 0) is 6.54 Å². The lowest BCUT2D eigenvalue weighted by Crippen LogP contribution is -2.25. The first kappa shape index (κ1) is 17.7. The van der Waals surface area contributed by atoms with Gasteiger partial charge in [-0.25, -0.2) is 9.97 Å². The molecule has 3 aromatic heterocycles. The van der Waals surface area contributed by atoms with Crippen LogP contribution >= 0.6 is 11.3 Å². The van der Waals surface area contributed by atoms with Gasteiger partial charge in [-0.3, -0.25) is 9.20 Å². The van der Waals surface area contributed by atoms with Gasteiger partial charge in [0.2, 0.25) is 0 Å². The maximum absolute atomic E-state index is 12.9. The number of aromatic nitrogens is 3. The fraction of sp³-hybridized carbons (Fsp3) is 0.381. The number of pyridine rings is 1. The second kappa shape index (κ2) is 6.82. The first-order chi connectivity index (χ1) is 13.0. The van der Waals surface area contributed by atoms with Gasteiger partial charge in [0, 0.05) is 41.2 Å². The van der Waals surface area contributed by atoms with Crippen molar-refractivity contribution in [3.8, 4) is 12.3 Å². The maximum Gasteiger partial charge on any atom is 0.259 e. The molecule has 0 aromatic carbocycles. The summed E-state index contributed by atoms with van der Waals surface area (Å²) in [6.45, 7) is 7.49. The molecule has 0 N–H and O–H groups in total. The SMILES string of the molecule is C#CC1CC1c1c(C)sc2nc(CN(CC)c3ccc(C)cn3)cc(=O)n12. The van der Waals surface area contributed by atoms with Crippen LogP contribution in [0.3, 0.4) is 0 Å². The van der Waals surface area contributed by atoms with Gasteiger partial charge < -0.3 is 4.90 Å². The molecule has 1 fully saturated rings. The highest BCUT2D eigenvalue weighted by molar-refractivity contribution is 7.17. The van der Waals surface area contributed by atoms with Gasteiger partial charge in [-0.15, -0.1) is 23.7 Å². The van der Waals surface area contributed by atoms with Gasteiger partial charge in [0.1, 0.15) is 5.82 Å². The number of hydrogen-bond donors (Lipinski definition) is 0. The van der Waals surface area contributed by atoms with Crippen molar-refractivity contribution in [1.82, 2.24) is 14.4 Å². The summed E-state index contributed by atoms with van der Waals surface area (Å²) in [6, 6.07) is 5.69. The lowest BCUT2D eigenvalue weighted by molar-refractivity contribution is 0.786. The quantitative estimate of drug-likeness (QED) is 0.638. The van der Waals surface area contributed by atoms with E-state index in [0.29, 0.717) is 6.54 Å². The highest BCUT2D eigenvalue weighted by atomic mass is 32.1. The van der Waals surface area contributed by atoms with Crippen LogP contribution in [0.1, 0.15) is 41.1 Å². The van der Waals surface area contributed by atoms with Crippen molar-refractivity contribution in [2.75, 3.05) is 11.4 Å². The molecule has 0 aliphatic heterocycles. The Morgan fingerprint density at radius 2 is 2.22 bits per heavy atom. The van der Waals surface area contributed by atoms with Crippen molar-refractivity contribution in [2.45, 2.75) is 39.7 Å². The van der Waals surface area contributed by atoms with Crippen molar-refractivity contribution < 1.29 is 0 Å². The third kappa shape index (κ3) is 3.24. The fourth-order valence-electron chi connectivity index (χ4n) is 3.53. The van der Waals surface area contributed by atoms with E-state index >= 15 is 0 Å². The highest BCUT2D eigenvalue weighted by Gasteiger charge is 2.40. The summed E-state index contributed by atoms with van der Waals surface area (Å²) in [4.78, 5) is 26.1. The summed E-state index contributed by atoms with van der Waals surface area (Å²) in [5.74, 6) is 4.24. The van der Waals surface area contributed by atoms with Crippen LogP contribution < -0.4 is 10.5 Å². The van der Waals surface area contributed by atoms with Gasteiger partial charge in [0.25, 0.3) is 5.56 Å². The summed E-state index contributed by atoms with van der Waals surface area (Å²) in [7, 11) is 0. The predicted molar refractivity (Wildman–Crippen MR) is 109 cm³/mol. The number of hydrogen-bond acceptors (Lipinski definition) is 5. The lowest BCUT2D eigenvalue weighted by Gasteiger charge is -2.21. The Morgan fingerprint density at radius 1 is 1.41 bits per heavy atom. The van der Waals surface area contributed by atoms with Crippen molar-refractivity contribution in [2.24, 2.45) is 5.92 Å². The fourth-order valence-corrected chi connectivity index (χ4v) is 4.59. The van der Waals surface area contributed by atoms with Crippen LogP contribution in [-0.4, -0.2) is 20.9 Å². The van der Waals surface area contributed by atoms with Crippen LogP contribution in [0.25, 0.3) is 4.96 Å². The summed E-state index contributed by atoms with van der Waals surface area (Å²) in [5, 5.41) is 0. The molecular weight excluding hydrogens is 356 g/mol. The minimum Gasteiger partial charge on any atom is -0.351 e. The maximum atomic E-state index is 12.9. The number of rotatable bonds is 5. The molecule has 1 saturated carbocycles. The van der Waals surface area contributed by atoms with E-state index in [1.807, 2.05) is 32.2 Å². The molecule has 0 bridgehead atoms. The molecule has 0 radical (unpaired) electrons. The van der Waals surface area contributed by atoms with Gasteiger partial charge in [0.15, 0.2) is 4.96 Å². The Bertz CT molecular complexity index is 1090. The predicted octanol–water partition coefficient (Wildman–Crippen LogP) is 3.53. The van der Waals surface area contributed by atoms with Gasteiger partial charge in [-0.1, -0.05) is 6.07 Å². The van der Waals surface area contributed by atoms with E-state index in [2.05, 4.69) is 22.7 Å². The molecule has 0 spiro atoms. The van der Waals surface area contributed by atoms with E-state index in [9.17, 15) is 4.79 Å². The molecule has 27 heavy (non-hydrogen) atoms. The Balaban J connectivity index is 1.68. The largest absolute Gasteiger partial charge is 0.351 e. The van der Waals surface area contributed by atoms with Crippen molar-refractivity contribution >= 4 is 22.1 Å². The molecule has 5 nitrogen and oxygen atoms in total. The molecule has 3 heterocycles. The van der Waals surface area contributed by atoms with E-state index in [1.165, 1.54) is 0 Å². The molecule has 1 aliphatic carbocycles. The second-order valence-corrected chi connectivity index (χ2v) is 8.25. The number of fused-ring (bicyclic) bond motifs is 1. The number of nitrogens with zero attached hydrogens (tertiary/aromatic N) is 4. The molecule has 6 heteroatoms. The van der Waals surface area contributed by atoms with Gasteiger partial charge in [-0.2, -0.15) is 0 Å². The van der Waals surface area contributed by atoms with E-state index < -0.39 is 0 Å². The van der Waals surface area contributed by atoms with Crippen LogP contribution in [0.5, 0.6) is 0 Å². The molecular formula is C21H22N4OS. The van der Waals surface area contributed by atoms with E-state index in [-0.39, 0.29) is 17.4 Å². The Kier molecular flexibility index (Phi) is 4.48. The smallest absolute Gasteiger partial charge is 0.259 e. The number of anilines is 1. The van der Waals surface area contributed by atoms with Crippen LogP contribution in [0, 0.1) is 32.1 Å². The number of terminal acetylenes is 1. The van der Waals surface area contributed by atoms with Crippen LogP contribution in [0.2, 0.25) is 0 Å². The normalized spacial score (nSPS) is 18.4. The highest BCUT2D eigenvalue weighted by Crippen LogP contribution is 2.48. The lowest BCUT2D eigenvalue weighted by atomic mass is 10.2. The average molecular weight is 379 g/mol. The second-order valence-electron chi connectivity index (χ2n) is 7.07. The van der Waals surface area contributed by atoms with E-state index in [0.717, 1.165) is 45.6 Å². The van der Waals surface area contributed by atoms with E-state index in [1.54, 1.807) is 21.8 Å². The van der Waals surface area contributed by atoms with Gasteiger partial charge in [-0.05, 0) is 38.8 Å². The minimum atomic E-state index is -0.0232. The van der Waals surface area contributed by atoms with Crippen molar-refractivity contribution in [1.29, 1.82) is 0 Å². The zero-order valence-corrected chi connectivity index (χ0v) is 16.6. The molecule has 0 saturated heterocycles. The summed E-state index contributed by atoms with van der Waals surface area (Å²) >= 11 is 1.57.